The molecule has 0 amide bonds. The number of halogens is 2. The highest BCUT2D eigenvalue weighted by Gasteiger charge is 2.10. The van der Waals surface area contributed by atoms with Crippen molar-refractivity contribution in [3.63, 3.8) is 0 Å². The van der Waals surface area contributed by atoms with E-state index in [1.165, 1.54) is 11.1 Å². The molecule has 19 heavy (non-hydrogen) atoms. The molecule has 0 radical (unpaired) electrons. The van der Waals surface area contributed by atoms with E-state index in [-0.39, 0.29) is 0 Å². The van der Waals surface area contributed by atoms with Gasteiger partial charge in [0.25, 0.3) is 0 Å². The van der Waals surface area contributed by atoms with E-state index in [1.54, 1.807) is 0 Å². The minimum Gasteiger partial charge on any atom is -0.370 e. The van der Waals surface area contributed by atoms with Crippen molar-refractivity contribution < 1.29 is 0 Å². The highest BCUT2D eigenvalue weighted by Crippen LogP contribution is 2.29. The molecule has 0 saturated heterocycles. The quantitative estimate of drug-likeness (QED) is 0.715. The smallest absolute Gasteiger partial charge is 0.0509 e. The van der Waals surface area contributed by atoms with Crippen molar-refractivity contribution >= 4 is 28.9 Å². The number of hydrogen-bond donors (Lipinski definition) is 0. The van der Waals surface area contributed by atoms with Crippen LogP contribution in [0.2, 0.25) is 5.02 Å². The van der Waals surface area contributed by atoms with Crippen LogP contribution in [-0.4, -0.2) is 7.05 Å². The highest BCUT2D eigenvalue weighted by atomic mass is 35.5. The summed E-state index contributed by atoms with van der Waals surface area (Å²) in [6, 6.07) is 14.4. The van der Waals surface area contributed by atoms with Gasteiger partial charge in [-0.2, -0.15) is 0 Å². The van der Waals surface area contributed by atoms with Crippen molar-refractivity contribution in [2.24, 2.45) is 0 Å². The molecule has 3 heteroatoms. The molecular formula is C16H17Cl2N. The van der Waals surface area contributed by atoms with Crippen LogP contribution in [0.3, 0.4) is 0 Å². The summed E-state index contributed by atoms with van der Waals surface area (Å²) in [6.45, 7) is 2.94. The van der Waals surface area contributed by atoms with Gasteiger partial charge in [0, 0.05) is 29.9 Å². The molecule has 2 aromatic carbocycles. The predicted octanol–water partition coefficient (Wildman–Crippen LogP) is 5.02. The molecule has 0 unspecified atom stereocenters. The molecule has 0 aromatic heterocycles. The van der Waals surface area contributed by atoms with Crippen LogP contribution in [0.1, 0.15) is 16.7 Å². The van der Waals surface area contributed by atoms with E-state index in [9.17, 15) is 0 Å². The van der Waals surface area contributed by atoms with Gasteiger partial charge < -0.3 is 4.90 Å². The van der Waals surface area contributed by atoms with Gasteiger partial charge in [-0.3, -0.25) is 0 Å². The summed E-state index contributed by atoms with van der Waals surface area (Å²) in [5, 5.41) is 0.726. The molecule has 2 rings (SSSR count). The fourth-order valence-electron chi connectivity index (χ4n) is 2.21. The molecule has 0 spiro atoms. The van der Waals surface area contributed by atoms with Crippen LogP contribution in [0.4, 0.5) is 5.69 Å². The Balaban J connectivity index is 2.25. The summed E-state index contributed by atoms with van der Waals surface area (Å²) in [5.41, 5.74) is 4.63. The molecule has 0 atom stereocenters. The van der Waals surface area contributed by atoms with Gasteiger partial charge in [-0.15, -0.1) is 11.6 Å². The van der Waals surface area contributed by atoms with Crippen molar-refractivity contribution in [1.29, 1.82) is 0 Å². The highest BCUT2D eigenvalue weighted by molar-refractivity contribution is 6.32. The van der Waals surface area contributed by atoms with Crippen molar-refractivity contribution in [3.05, 3.63) is 64.2 Å². The van der Waals surface area contributed by atoms with Gasteiger partial charge in [-0.05, 0) is 24.6 Å². The SMILES string of the molecule is Cc1cccc(CN(C)c2cccc(Cl)c2CCl)c1. The fourth-order valence-corrected chi connectivity index (χ4v) is 2.79. The number of nitrogens with zero attached hydrogens (tertiary/aromatic N) is 1. The van der Waals surface area contributed by atoms with E-state index in [2.05, 4.69) is 49.2 Å². The lowest BCUT2D eigenvalue weighted by Crippen LogP contribution is -2.18. The van der Waals surface area contributed by atoms with E-state index in [4.69, 9.17) is 23.2 Å². The normalized spacial score (nSPS) is 10.5. The molecule has 0 N–H and O–H groups in total. The maximum atomic E-state index is 6.19. The third kappa shape index (κ3) is 3.43. The molecule has 2 aromatic rings. The lowest BCUT2D eigenvalue weighted by molar-refractivity contribution is 0.914. The summed E-state index contributed by atoms with van der Waals surface area (Å²) in [5.74, 6) is 0.424. The van der Waals surface area contributed by atoms with Crippen molar-refractivity contribution in [2.45, 2.75) is 19.3 Å². The number of rotatable bonds is 4. The van der Waals surface area contributed by atoms with Crippen LogP contribution in [0.5, 0.6) is 0 Å². The molecule has 0 bridgehead atoms. The molecular weight excluding hydrogens is 277 g/mol. The summed E-state index contributed by atoms with van der Waals surface area (Å²) < 4.78 is 0. The molecule has 1 nitrogen and oxygen atoms in total. The summed E-state index contributed by atoms with van der Waals surface area (Å²) in [6.07, 6.45) is 0. The first-order chi connectivity index (χ1) is 9.11. The lowest BCUT2D eigenvalue weighted by Gasteiger charge is -2.23. The number of aryl methyl sites for hydroxylation is 1. The fraction of sp³-hybridized carbons (Fsp3) is 0.250. The van der Waals surface area contributed by atoms with Gasteiger partial charge in [-0.25, -0.2) is 0 Å². The first kappa shape index (κ1) is 14.2. The zero-order valence-corrected chi connectivity index (χ0v) is 12.7. The maximum absolute atomic E-state index is 6.19. The molecule has 0 aliphatic carbocycles. The van der Waals surface area contributed by atoms with E-state index in [0.29, 0.717) is 5.88 Å². The lowest BCUT2D eigenvalue weighted by atomic mass is 10.1. The van der Waals surface area contributed by atoms with Crippen LogP contribution in [0.15, 0.2) is 42.5 Å². The van der Waals surface area contributed by atoms with Crippen LogP contribution in [-0.2, 0) is 12.4 Å². The molecule has 100 valence electrons. The first-order valence-corrected chi connectivity index (χ1v) is 7.13. The molecule has 0 heterocycles. The summed E-state index contributed by atoms with van der Waals surface area (Å²) in [4.78, 5) is 2.18. The minimum atomic E-state index is 0.424. The second-order valence-electron chi connectivity index (χ2n) is 4.72. The summed E-state index contributed by atoms with van der Waals surface area (Å²) >= 11 is 12.2. The van der Waals surface area contributed by atoms with Gasteiger partial charge in [0.05, 0.1) is 5.88 Å². The number of anilines is 1. The van der Waals surface area contributed by atoms with Gasteiger partial charge in [0.15, 0.2) is 0 Å². The van der Waals surface area contributed by atoms with E-state index >= 15 is 0 Å². The molecule has 0 aliphatic heterocycles. The maximum Gasteiger partial charge on any atom is 0.0509 e. The Morgan fingerprint density at radius 3 is 2.53 bits per heavy atom. The summed E-state index contributed by atoms with van der Waals surface area (Å²) in [7, 11) is 2.06. The number of benzene rings is 2. The average molecular weight is 294 g/mol. The van der Waals surface area contributed by atoms with E-state index in [0.717, 1.165) is 22.8 Å². The van der Waals surface area contributed by atoms with Crippen LogP contribution in [0, 0.1) is 6.92 Å². The third-order valence-electron chi connectivity index (χ3n) is 3.14. The second kappa shape index (κ2) is 6.31. The van der Waals surface area contributed by atoms with Crippen molar-refractivity contribution in [3.8, 4) is 0 Å². The number of hydrogen-bond acceptors (Lipinski definition) is 1. The standard InChI is InChI=1S/C16H17Cl2N/c1-12-5-3-6-13(9-12)11-19(2)16-8-4-7-15(18)14(16)10-17/h3-9H,10-11H2,1-2H3. The van der Waals surface area contributed by atoms with Gasteiger partial charge >= 0.3 is 0 Å². The monoisotopic (exact) mass is 293 g/mol. The van der Waals surface area contributed by atoms with E-state index < -0.39 is 0 Å². The Labute approximate surface area is 124 Å². The first-order valence-electron chi connectivity index (χ1n) is 6.22. The average Bonchev–Trinajstić information content (AvgIpc) is 2.38. The van der Waals surface area contributed by atoms with Crippen LogP contribution < -0.4 is 4.90 Å². The minimum absolute atomic E-state index is 0.424. The zero-order valence-electron chi connectivity index (χ0n) is 11.2. The Bertz CT molecular complexity index is 566. The number of alkyl halides is 1. The topological polar surface area (TPSA) is 3.24 Å². The molecule has 0 saturated carbocycles. The van der Waals surface area contributed by atoms with Crippen molar-refractivity contribution in [2.75, 3.05) is 11.9 Å². The Morgan fingerprint density at radius 1 is 1.11 bits per heavy atom. The van der Waals surface area contributed by atoms with Gasteiger partial charge in [0.1, 0.15) is 0 Å². The van der Waals surface area contributed by atoms with Crippen LogP contribution in [0.25, 0.3) is 0 Å². The Morgan fingerprint density at radius 2 is 1.84 bits per heavy atom. The van der Waals surface area contributed by atoms with Crippen LogP contribution >= 0.6 is 23.2 Å². The Hall–Kier alpha value is -1.18. The zero-order chi connectivity index (χ0) is 13.8. The third-order valence-corrected chi connectivity index (χ3v) is 3.76. The van der Waals surface area contributed by atoms with Crippen molar-refractivity contribution in [1.82, 2.24) is 0 Å². The van der Waals surface area contributed by atoms with E-state index in [1.807, 2.05) is 12.1 Å². The Kier molecular flexibility index (Phi) is 4.73. The molecule has 0 fully saturated rings. The molecule has 0 aliphatic rings. The van der Waals surface area contributed by atoms with Gasteiger partial charge in [0.2, 0.25) is 0 Å². The second-order valence-corrected chi connectivity index (χ2v) is 5.39. The largest absolute Gasteiger partial charge is 0.370 e. The predicted molar refractivity (Wildman–Crippen MR) is 84.3 cm³/mol. The van der Waals surface area contributed by atoms with Gasteiger partial charge in [-0.1, -0.05) is 47.5 Å².